The van der Waals surface area contributed by atoms with Crippen molar-refractivity contribution >= 4 is 38.3 Å². The van der Waals surface area contributed by atoms with Gasteiger partial charge >= 0.3 is 5.00 Å². The Hall–Kier alpha value is -1.70. The highest BCUT2D eigenvalue weighted by Gasteiger charge is 2.16. The van der Waals surface area contributed by atoms with E-state index < -0.39 is 4.92 Å². The van der Waals surface area contributed by atoms with Crippen molar-refractivity contribution in [2.45, 2.75) is 0 Å². The van der Waals surface area contributed by atoms with Gasteiger partial charge in [-0.1, -0.05) is 11.3 Å². The second-order valence-corrected chi connectivity index (χ2v) is 4.26. The van der Waals surface area contributed by atoms with E-state index in [9.17, 15) is 10.1 Å². The van der Waals surface area contributed by atoms with Crippen molar-refractivity contribution in [3.8, 4) is 12.1 Å². The van der Waals surface area contributed by atoms with E-state index in [0.29, 0.717) is 9.35 Å². The molecule has 0 atom stereocenters. The summed E-state index contributed by atoms with van der Waals surface area (Å²) in [5.74, 6) is 0. The van der Waals surface area contributed by atoms with Crippen LogP contribution < -0.4 is 0 Å². The van der Waals surface area contributed by atoms with Gasteiger partial charge in [-0.2, -0.15) is 10.5 Å². The molecule has 0 unspecified atom stereocenters. The van der Waals surface area contributed by atoms with Gasteiger partial charge in [-0.05, 0) is 28.1 Å². The van der Waals surface area contributed by atoms with Gasteiger partial charge in [-0.25, -0.2) is 0 Å². The van der Waals surface area contributed by atoms with Gasteiger partial charge in [-0.15, -0.1) is 0 Å². The minimum atomic E-state index is -0.523. The Kier molecular flexibility index (Phi) is 3.56. The first-order chi connectivity index (χ1) is 7.08. The minimum Gasteiger partial charge on any atom is -0.258 e. The average Bonchev–Trinajstić information content (AvgIpc) is 2.56. The summed E-state index contributed by atoms with van der Waals surface area (Å²) in [6.45, 7) is 0. The minimum absolute atomic E-state index is 0.0449. The summed E-state index contributed by atoms with van der Waals surface area (Å²) >= 11 is 3.93. The Morgan fingerprint density at radius 3 is 2.60 bits per heavy atom. The molecule has 0 radical (unpaired) electrons. The van der Waals surface area contributed by atoms with E-state index in [-0.39, 0.29) is 10.6 Å². The number of nitrogens with zero attached hydrogens (tertiary/aromatic N) is 3. The average molecular weight is 284 g/mol. The third kappa shape index (κ3) is 2.62. The largest absolute Gasteiger partial charge is 0.338 e. The van der Waals surface area contributed by atoms with Gasteiger partial charge in [0, 0.05) is 4.88 Å². The van der Waals surface area contributed by atoms with Crippen LogP contribution in [0.3, 0.4) is 0 Å². The molecule has 15 heavy (non-hydrogen) atoms. The van der Waals surface area contributed by atoms with Crippen molar-refractivity contribution in [3.63, 3.8) is 0 Å². The van der Waals surface area contributed by atoms with E-state index in [0.717, 1.165) is 11.3 Å². The number of nitriles is 2. The van der Waals surface area contributed by atoms with Crippen LogP contribution in [0.4, 0.5) is 5.00 Å². The molecule has 5 nitrogen and oxygen atoms in total. The zero-order valence-electron chi connectivity index (χ0n) is 7.10. The van der Waals surface area contributed by atoms with Crippen LogP contribution in [0.1, 0.15) is 4.88 Å². The molecule has 0 aliphatic heterocycles. The lowest BCUT2D eigenvalue weighted by molar-refractivity contribution is -0.380. The molecule has 0 aromatic carbocycles. The molecular weight excluding hydrogens is 282 g/mol. The molecule has 0 N–H and O–H groups in total. The molecule has 0 bridgehead atoms. The van der Waals surface area contributed by atoms with E-state index in [1.54, 1.807) is 12.1 Å². The van der Waals surface area contributed by atoms with Crippen LogP contribution in [0.2, 0.25) is 0 Å². The zero-order chi connectivity index (χ0) is 11.4. The molecule has 0 fully saturated rings. The van der Waals surface area contributed by atoms with Crippen LogP contribution >= 0.6 is 27.3 Å². The molecule has 0 aliphatic carbocycles. The molecule has 7 heteroatoms. The SMILES string of the molecule is N#CC(C#N)=Cc1cc(Br)c([N+](=O)[O-])s1. The van der Waals surface area contributed by atoms with Crippen LogP contribution in [0.15, 0.2) is 16.1 Å². The van der Waals surface area contributed by atoms with Crippen LogP contribution in [-0.2, 0) is 0 Å². The van der Waals surface area contributed by atoms with Gasteiger partial charge in [0.05, 0.1) is 4.92 Å². The van der Waals surface area contributed by atoms with Gasteiger partial charge < -0.3 is 0 Å². The van der Waals surface area contributed by atoms with E-state index in [2.05, 4.69) is 15.9 Å². The number of nitro groups is 1. The number of rotatable bonds is 2. The molecule has 1 rings (SSSR count). The number of allylic oxidation sites excluding steroid dienone is 1. The molecule has 1 heterocycles. The Morgan fingerprint density at radius 1 is 1.60 bits per heavy atom. The standard InChI is InChI=1S/C8H2BrN3O2S/c9-7-2-6(1-5(3-10)4-11)15-8(7)12(13)14/h1-2H. The van der Waals surface area contributed by atoms with Crippen molar-refractivity contribution in [2.24, 2.45) is 0 Å². The topological polar surface area (TPSA) is 90.7 Å². The Balaban J connectivity index is 3.16. The predicted molar refractivity (Wildman–Crippen MR) is 57.9 cm³/mol. The summed E-state index contributed by atoms with van der Waals surface area (Å²) in [6, 6.07) is 4.86. The maximum atomic E-state index is 10.5. The Labute approximate surface area is 97.1 Å². The maximum Gasteiger partial charge on any atom is 0.338 e. The predicted octanol–water partition coefficient (Wildman–Crippen LogP) is 2.85. The van der Waals surface area contributed by atoms with Gasteiger partial charge in [0.2, 0.25) is 0 Å². The molecule has 1 aromatic rings. The quantitative estimate of drug-likeness (QED) is 0.474. The highest BCUT2D eigenvalue weighted by atomic mass is 79.9. The molecule has 0 aliphatic rings. The van der Waals surface area contributed by atoms with E-state index in [1.807, 2.05) is 0 Å². The molecule has 74 valence electrons. The van der Waals surface area contributed by atoms with Crippen LogP contribution in [0.25, 0.3) is 6.08 Å². The lowest BCUT2D eigenvalue weighted by Crippen LogP contribution is -1.82. The van der Waals surface area contributed by atoms with Crippen LogP contribution in [0.5, 0.6) is 0 Å². The lowest BCUT2D eigenvalue weighted by Gasteiger charge is -1.82. The van der Waals surface area contributed by atoms with Crippen molar-refractivity contribution in [3.05, 3.63) is 31.1 Å². The second kappa shape index (κ2) is 4.69. The van der Waals surface area contributed by atoms with Gasteiger partial charge in [0.1, 0.15) is 22.2 Å². The molecule has 0 amide bonds. The first-order valence-corrected chi connectivity index (χ1v) is 5.15. The molecular formula is C8H2BrN3O2S. The van der Waals surface area contributed by atoms with Crippen molar-refractivity contribution in [2.75, 3.05) is 0 Å². The number of thiophene rings is 1. The third-order valence-electron chi connectivity index (χ3n) is 1.38. The van der Waals surface area contributed by atoms with Crippen molar-refractivity contribution in [1.82, 2.24) is 0 Å². The maximum absolute atomic E-state index is 10.5. The first kappa shape index (κ1) is 11.4. The summed E-state index contributed by atoms with van der Waals surface area (Å²) in [5, 5.41) is 27.4. The molecule has 0 saturated heterocycles. The summed E-state index contributed by atoms with van der Waals surface area (Å²) < 4.78 is 0.346. The number of hydrogen-bond donors (Lipinski definition) is 0. The fraction of sp³-hybridized carbons (Fsp3) is 0. The highest BCUT2D eigenvalue weighted by Crippen LogP contribution is 2.35. The fourth-order valence-electron chi connectivity index (χ4n) is 0.804. The highest BCUT2D eigenvalue weighted by molar-refractivity contribution is 9.10. The summed E-state index contributed by atoms with van der Waals surface area (Å²) in [5.41, 5.74) is -0.0846. The smallest absolute Gasteiger partial charge is 0.258 e. The second-order valence-electron chi connectivity index (χ2n) is 2.34. The number of halogens is 1. The molecule has 1 aromatic heterocycles. The third-order valence-corrected chi connectivity index (χ3v) is 3.28. The molecule has 0 saturated carbocycles. The summed E-state index contributed by atoms with van der Waals surface area (Å²) in [6.07, 6.45) is 1.31. The molecule has 0 spiro atoms. The van der Waals surface area contributed by atoms with Crippen LogP contribution in [-0.4, -0.2) is 4.92 Å². The Morgan fingerprint density at radius 2 is 2.20 bits per heavy atom. The van der Waals surface area contributed by atoms with E-state index in [4.69, 9.17) is 10.5 Å². The van der Waals surface area contributed by atoms with Gasteiger partial charge in [0.15, 0.2) is 0 Å². The van der Waals surface area contributed by atoms with Gasteiger partial charge in [-0.3, -0.25) is 10.1 Å². The van der Waals surface area contributed by atoms with Crippen molar-refractivity contribution < 1.29 is 4.92 Å². The first-order valence-electron chi connectivity index (χ1n) is 3.54. The fourth-order valence-corrected chi connectivity index (χ4v) is 2.40. The summed E-state index contributed by atoms with van der Waals surface area (Å²) in [7, 11) is 0. The van der Waals surface area contributed by atoms with Crippen LogP contribution in [0, 0.1) is 32.8 Å². The Bertz CT molecular complexity index is 505. The summed E-state index contributed by atoms with van der Waals surface area (Å²) in [4.78, 5) is 10.5. The normalized spacial score (nSPS) is 8.73. The lowest BCUT2D eigenvalue weighted by atomic mass is 10.3. The van der Waals surface area contributed by atoms with Gasteiger partial charge in [0.25, 0.3) is 0 Å². The monoisotopic (exact) mass is 283 g/mol. The van der Waals surface area contributed by atoms with E-state index in [1.165, 1.54) is 12.1 Å². The zero-order valence-corrected chi connectivity index (χ0v) is 9.50. The van der Waals surface area contributed by atoms with Crippen molar-refractivity contribution in [1.29, 1.82) is 10.5 Å². The van der Waals surface area contributed by atoms with E-state index >= 15 is 0 Å². The number of hydrogen-bond acceptors (Lipinski definition) is 5.